The zero-order valence-electron chi connectivity index (χ0n) is 11.4. The predicted molar refractivity (Wildman–Crippen MR) is 78.1 cm³/mol. The molecule has 110 valence electrons. The lowest BCUT2D eigenvalue weighted by Crippen LogP contribution is -2.46. The lowest BCUT2D eigenvalue weighted by molar-refractivity contribution is -0.145. The first-order chi connectivity index (χ1) is 9.97. The maximum Gasteiger partial charge on any atom is 0.306 e. The number of carbonyl (C=O) groups excluding carboxylic acids is 1. The fraction of sp³-hybridized carbons (Fsp3) is 0.333. The third kappa shape index (κ3) is 2.40. The van der Waals surface area contributed by atoms with E-state index in [1.807, 2.05) is 0 Å². The van der Waals surface area contributed by atoms with Crippen molar-refractivity contribution in [2.75, 3.05) is 0 Å². The van der Waals surface area contributed by atoms with Gasteiger partial charge in [-0.1, -0.05) is 6.07 Å². The average Bonchev–Trinajstić information content (AvgIpc) is 2.71. The normalized spacial score (nSPS) is 21.0. The van der Waals surface area contributed by atoms with Gasteiger partial charge in [0.05, 0.1) is 10.8 Å². The molecule has 4 nitrogen and oxygen atoms in total. The van der Waals surface area contributed by atoms with Crippen molar-refractivity contribution in [3.63, 3.8) is 0 Å². The summed E-state index contributed by atoms with van der Waals surface area (Å²) in [6.07, 6.45) is 0.915. The van der Waals surface area contributed by atoms with Crippen molar-refractivity contribution in [3.05, 3.63) is 34.5 Å². The Labute approximate surface area is 124 Å². The summed E-state index contributed by atoms with van der Waals surface area (Å²) in [7, 11) is 0. The number of hydrogen-bond donors (Lipinski definition) is 2. The summed E-state index contributed by atoms with van der Waals surface area (Å²) < 4.78 is 14.6. The quantitative estimate of drug-likeness (QED) is 0.916. The van der Waals surface area contributed by atoms with E-state index in [4.69, 9.17) is 5.11 Å². The molecule has 1 aromatic carbocycles. The van der Waals surface area contributed by atoms with Crippen molar-refractivity contribution in [3.8, 4) is 0 Å². The minimum Gasteiger partial charge on any atom is -0.481 e. The van der Waals surface area contributed by atoms with Crippen molar-refractivity contribution in [2.24, 2.45) is 5.92 Å². The van der Waals surface area contributed by atoms with Gasteiger partial charge in [-0.15, -0.1) is 11.3 Å². The van der Waals surface area contributed by atoms with Crippen molar-refractivity contribution in [1.82, 2.24) is 5.32 Å². The molecule has 0 spiro atoms. The summed E-state index contributed by atoms with van der Waals surface area (Å²) in [6.45, 7) is 1.73. The summed E-state index contributed by atoms with van der Waals surface area (Å²) in [5.41, 5.74) is 0.639. The highest BCUT2D eigenvalue weighted by molar-refractivity contribution is 7.21. The third-order valence-electron chi connectivity index (χ3n) is 3.93. The fourth-order valence-corrected chi connectivity index (χ4v) is 3.78. The first-order valence-corrected chi connectivity index (χ1v) is 7.50. The lowest BCUT2D eigenvalue weighted by Gasteiger charge is -2.32. The van der Waals surface area contributed by atoms with Gasteiger partial charge in [0, 0.05) is 16.1 Å². The van der Waals surface area contributed by atoms with E-state index in [0.29, 0.717) is 28.7 Å². The molecule has 0 radical (unpaired) electrons. The highest BCUT2D eigenvalue weighted by Gasteiger charge is 2.35. The number of carboxylic acids is 1. The van der Waals surface area contributed by atoms with Crippen molar-refractivity contribution >= 4 is 33.3 Å². The Morgan fingerprint density at radius 3 is 2.71 bits per heavy atom. The third-order valence-corrected chi connectivity index (χ3v) is 5.19. The van der Waals surface area contributed by atoms with Gasteiger partial charge in [0.2, 0.25) is 0 Å². The first-order valence-electron chi connectivity index (χ1n) is 6.68. The summed E-state index contributed by atoms with van der Waals surface area (Å²) in [5, 5.41) is 12.1. The van der Waals surface area contributed by atoms with Crippen molar-refractivity contribution in [2.45, 2.75) is 25.8 Å². The van der Waals surface area contributed by atoms with Gasteiger partial charge in [-0.3, -0.25) is 9.59 Å². The molecular weight excluding hydrogens is 293 g/mol. The number of thiophene rings is 1. The van der Waals surface area contributed by atoms with Crippen LogP contribution in [0.5, 0.6) is 0 Å². The Balaban J connectivity index is 1.78. The Morgan fingerprint density at radius 1 is 1.38 bits per heavy atom. The highest BCUT2D eigenvalue weighted by Crippen LogP contribution is 2.33. The highest BCUT2D eigenvalue weighted by atomic mass is 32.1. The van der Waals surface area contributed by atoms with E-state index in [0.717, 1.165) is 4.70 Å². The molecule has 1 fully saturated rings. The number of nitrogens with one attached hydrogen (secondary N) is 1. The van der Waals surface area contributed by atoms with Crippen LogP contribution in [-0.4, -0.2) is 23.0 Å². The SMILES string of the molecule is Cc1c(C(=O)NC2CC(C(=O)O)C2)sc2cccc(F)c12. The number of hydrogen-bond acceptors (Lipinski definition) is 3. The topological polar surface area (TPSA) is 66.4 Å². The van der Waals surface area contributed by atoms with Crippen molar-refractivity contribution < 1.29 is 19.1 Å². The number of carboxylic acid groups (broad SMARTS) is 1. The van der Waals surface area contributed by atoms with E-state index in [1.165, 1.54) is 17.4 Å². The van der Waals surface area contributed by atoms with Crippen LogP contribution in [0.25, 0.3) is 10.1 Å². The summed E-state index contributed by atoms with van der Waals surface area (Å²) in [5.74, 6) is -1.76. The van der Waals surface area contributed by atoms with Crippen LogP contribution >= 0.6 is 11.3 Å². The van der Waals surface area contributed by atoms with Crippen LogP contribution in [0, 0.1) is 18.7 Å². The zero-order chi connectivity index (χ0) is 15.1. The number of rotatable bonds is 3. The number of fused-ring (bicyclic) bond motifs is 1. The molecule has 3 rings (SSSR count). The molecule has 21 heavy (non-hydrogen) atoms. The summed E-state index contributed by atoms with van der Waals surface area (Å²) >= 11 is 1.26. The number of aliphatic carboxylic acids is 1. The maximum atomic E-state index is 13.8. The second-order valence-electron chi connectivity index (χ2n) is 5.35. The van der Waals surface area contributed by atoms with Crippen LogP contribution < -0.4 is 5.32 Å². The predicted octanol–water partition coefficient (Wildman–Crippen LogP) is 2.94. The second kappa shape index (κ2) is 5.11. The Bertz CT molecular complexity index is 734. The number of amides is 1. The van der Waals surface area contributed by atoms with E-state index < -0.39 is 5.97 Å². The number of benzene rings is 1. The Hall–Kier alpha value is -1.95. The molecule has 2 aromatic rings. The molecule has 1 amide bonds. The van der Waals surface area contributed by atoms with E-state index in [2.05, 4.69) is 5.32 Å². The maximum absolute atomic E-state index is 13.8. The Morgan fingerprint density at radius 2 is 2.10 bits per heavy atom. The van der Waals surface area contributed by atoms with Gasteiger partial charge in [-0.25, -0.2) is 4.39 Å². The zero-order valence-corrected chi connectivity index (χ0v) is 12.2. The smallest absolute Gasteiger partial charge is 0.306 e. The van der Waals surface area contributed by atoms with Gasteiger partial charge in [-0.2, -0.15) is 0 Å². The summed E-state index contributed by atoms with van der Waals surface area (Å²) in [4.78, 5) is 23.5. The minimum atomic E-state index is -0.819. The standard InChI is InChI=1S/C15H14FNO3S/c1-7-12-10(16)3-2-4-11(12)21-13(7)14(18)17-9-5-8(6-9)15(19)20/h2-4,8-9H,5-6H2,1H3,(H,17,18)(H,19,20). The van der Waals surface area contributed by atoms with Gasteiger partial charge in [0.25, 0.3) is 5.91 Å². The average molecular weight is 307 g/mol. The van der Waals surface area contributed by atoms with Crippen LogP contribution in [-0.2, 0) is 4.79 Å². The molecule has 0 saturated heterocycles. The van der Waals surface area contributed by atoms with E-state index in [9.17, 15) is 14.0 Å². The van der Waals surface area contributed by atoms with Gasteiger partial charge in [0.1, 0.15) is 5.82 Å². The monoisotopic (exact) mass is 307 g/mol. The van der Waals surface area contributed by atoms with Crippen molar-refractivity contribution in [1.29, 1.82) is 0 Å². The second-order valence-corrected chi connectivity index (χ2v) is 6.40. The molecule has 0 aliphatic heterocycles. The number of aryl methyl sites for hydroxylation is 1. The molecule has 1 aromatic heterocycles. The van der Waals surface area contributed by atoms with Gasteiger partial charge >= 0.3 is 5.97 Å². The molecular formula is C15H14FNO3S. The minimum absolute atomic E-state index is 0.104. The molecule has 0 atom stereocenters. The lowest BCUT2D eigenvalue weighted by atomic mass is 9.80. The molecule has 1 saturated carbocycles. The van der Waals surface area contributed by atoms with Gasteiger partial charge in [0.15, 0.2) is 0 Å². The molecule has 1 heterocycles. The molecule has 0 unspecified atom stereocenters. The Kier molecular flexibility index (Phi) is 3.41. The van der Waals surface area contributed by atoms with E-state index in [1.54, 1.807) is 19.1 Å². The van der Waals surface area contributed by atoms with Gasteiger partial charge < -0.3 is 10.4 Å². The van der Waals surface area contributed by atoms with E-state index in [-0.39, 0.29) is 23.7 Å². The van der Waals surface area contributed by atoms with Crippen LogP contribution in [0.3, 0.4) is 0 Å². The molecule has 1 aliphatic rings. The molecule has 6 heteroatoms. The summed E-state index contributed by atoms with van der Waals surface area (Å²) in [6, 6.07) is 4.69. The largest absolute Gasteiger partial charge is 0.481 e. The molecule has 2 N–H and O–H groups in total. The van der Waals surface area contributed by atoms with Crippen LogP contribution in [0.15, 0.2) is 18.2 Å². The van der Waals surface area contributed by atoms with E-state index >= 15 is 0 Å². The van der Waals surface area contributed by atoms with Crippen LogP contribution in [0.1, 0.15) is 28.1 Å². The molecule has 0 bridgehead atoms. The number of carbonyl (C=O) groups is 2. The van der Waals surface area contributed by atoms with Crippen LogP contribution in [0.4, 0.5) is 4.39 Å². The number of halogens is 1. The fourth-order valence-electron chi connectivity index (χ4n) is 2.66. The first kappa shape index (κ1) is 14.0. The van der Waals surface area contributed by atoms with Crippen LogP contribution in [0.2, 0.25) is 0 Å². The molecule has 1 aliphatic carbocycles. The van der Waals surface area contributed by atoms with Gasteiger partial charge in [-0.05, 0) is 37.5 Å².